The van der Waals surface area contributed by atoms with Crippen molar-refractivity contribution in [2.24, 2.45) is 0 Å². The van der Waals surface area contributed by atoms with Gasteiger partial charge in [-0.15, -0.1) is 0 Å². The standard InChI is InChI=1S/C20H21N3O2/c1-14-19(15(2)23(22-14)17-8-4-3-5-9-17)11-12-20(25)21-16-7-6-10-18(24)13-16/h3-10,13,24H,11-12H2,1-2H3,(H,21,25). The van der Waals surface area contributed by atoms with Crippen LogP contribution in [-0.4, -0.2) is 20.8 Å². The van der Waals surface area contributed by atoms with Gasteiger partial charge in [-0.3, -0.25) is 4.79 Å². The van der Waals surface area contributed by atoms with Crippen molar-refractivity contribution in [3.8, 4) is 11.4 Å². The van der Waals surface area contributed by atoms with Gasteiger partial charge in [0.1, 0.15) is 5.75 Å². The molecule has 5 heteroatoms. The van der Waals surface area contributed by atoms with Gasteiger partial charge in [0.15, 0.2) is 0 Å². The molecule has 0 bridgehead atoms. The van der Waals surface area contributed by atoms with Crippen LogP contribution >= 0.6 is 0 Å². The highest BCUT2D eigenvalue weighted by Crippen LogP contribution is 2.20. The number of carbonyl (C=O) groups excluding carboxylic acids is 1. The number of amides is 1. The zero-order chi connectivity index (χ0) is 17.8. The van der Waals surface area contributed by atoms with Crippen molar-refractivity contribution in [1.82, 2.24) is 9.78 Å². The number of phenols is 1. The highest BCUT2D eigenvalue weighted by atomic mass is 16.3. The van der Waals surface area contributed by atoms with Crippen LogP contribution in [0.5, 0.6) is 5.75 Å². The highest BCUT2D eigenvalue weighted by Gasteiger charge is 2.14. The Morgan fingerprint density at radius 2 is 1.88 bits per heavy atom. The fourth-order valence-electron chi connectivity index (χ4n) is 2.90. The third kappa shape index (κ3) is 3.88. The molecule has 0 aliphatic heterocycles. The number of nitrogens with zero attached hydrogens (tertiary/aromatic N) is 2. The average molecular weight is 335 g/mol. The molecule has 25 heavy (non-hydrogen) atoms. The minimum absolute atomic E-state index is 0.0862. The molecule has 0 unspecified atom stereocenters. The van der Waals surface area contributed by atoms with Gasteiger partial charge >= 0.3 is 0 Å². The summed E-state index contributed by atoms with van der Waals surface area (Å²) in [6.45, 7) is 3.99. The summed E-state index contributed by atoms with van der Waals surface area (Å²) >= 11 is 0. The number of rotatable bonds is 5. The zero-order valence-corrected chi connectivity index (χ0v) is 14.4. The fraction of sp³-hybridized carbons (Fsp3) is 0.200. The van der Waals surface area contributed by atoms with E-state index in [-0.39, 0.29) is 11.7 Å². The number of benzene rings is 2. The maximum atomic E-state index is 12.2. The number of para-hydroxylation sites is 1. The Morgan fingerprint density at radius 1 is 1.12 bits per heavy atom. The van der Waals surface area contributed by atoms with Crippen LogP contribution in [0.15, 0.2) is 54.6 Å². The second kappa shape index (κ2) is 7.21. The molecule has 2 N–H and O–H groups in total. The lowest BCUT2D eigenvalue weighted by Gasteiger charge is -2.07. The first-order chi connectivity index (χ1) is 12.0. The van der Waals surface area contributed by atoms with Gasteiger partial charge in [-0.1, -0.05) is 24.3 Å². The molecule has 1 aromatic heterocycles. The second-order valence-electron chi connectivity index (χ2n) is 6.00. The summed E-state index contributed by atoms with van der Waals surface area (Å²) in [4.78, 5) is 12.2. The fourth-order valence-corrected chi connectivity index (χ4v) is 2.90. The van der Waals surface area contributed by atoms with Gasteiger partial charge in [0.2, 0.25) is 5.91 Å². The topological polar surface area (TPSA) is 67.2 Å². The Hall–Kier alpha value is -3.08. The SMILES string of the molecule is Cc1nn(-c2ccccc2)c(C)c1CCC(=O)Nc1cccc(O)c1. The second-order valence-corrected chi connectivity index (χ2v) is 6.00. The number of anilines is 1. The zero-order valence-electron chi connectivity index (χ0n) is 14.4. The van der Waals surface area contributed by atoms with E-state index in [4.69, 9.17) is 0 Å². The van der Waals surface area contributed by atoms with Crippen molar-refractivity contribution in [3.63, 3.8) is 0 Å². The lowest BCUT2D eigenvalue weighted by atomic mass is 10.1. The quantitative estimate of drug-likeness (QED) is 0.746. The van der Waals surface area contributed by atoms with E-state index in [1.165, 1.54) is 6.07 Å². The molecule has 0 saturated carbocycles. The molecule has 0 saturated heterocycles. The summed E-state index contributed by atoms with van der Waals surface area (Å²) in [7, 11) is 0. The Balaban J connectivity index is 1.69. The summed E-state index contributed by atoms with van der Waals surface area (Å²) in [5.74, 6) is 0.0467. The molecule has 0 aliphatic rings. The van der Waals surface area contributed by atoms with Gasteiger partial charge in [0.25, 0.3) is 0 Å². The van der Waals surface area contributed by atoms with Gasteiger partial charge in [-0.2, -0.15) is 5.10 Å². The van der Waals surface area contributed by atoms with E-state index in [0.717, 1.165) is 22.6 Å². The van der Waals surface area contributed by atoms with Crippen molar-refractivity contribution in [2.75, 3.05) is 5.32 Å². The van der Waals surface area contributed by atoms with E-state index in [9.17, 15) is 9.90 Å². The van der Waals surface area contributed by atoms with E-state index < -0.39 is 0 Å². The number of nitrogens with one attached hydrogen (secondary N) is 1. The summed E-state index contributed by atoms with van der Waals surface area (Å²) in [6, 6.07) is 16.5. The first-order valence-corrected chi connectivity index (χ1v) is 8.24. The summed E-state index contributed by atoms with van der Waals surface area (Å²) in [6.07, 6.45) is 0.979. The normalized spacial score (nSPS) is 10.6. The molecule has 1 amide bonds. The van der Waals surface area contributed by atoms with Crippen LogP contribution in [0.25, 0.3) is 5.69 Å². The Kier molecular flexibility index (Phi) is 4.84. The average Bonchev–Trinajstić information content (AvgIpc) is 2.88. The number of aryl methyl sites for hydroxylation is 1. The molecule has 0 aliphatic carbocycles. The summed E-state index contributed by atoms with van der Waals surface area (Å²) in [5.41, 5.74) is 4.69. The van der Waals surface area contributed by atoms with E-state index in [2.05, 4.69) is 10.4 Å². The first kappa shape index (κ1) is 16.8. The Labute approximate surface area is 146 Å². The van der Waals surface area contributed by atoms with Gasteiger partial charge in [0, 0.05) is 23.9 Å². The van der Waals surface area contributed by atoms with E-state index in [1.807, 2.05) is 48.9 Å². The molecule has 0 radical (unpaired) electrons. The number of aromatic nitrogens is 2. The number of hydrogen-bond acceptors (Lipinski definition) is 3. The van der Waals surface area contributed by atoms with Crippen molar-refractivity contribution < 1.29 is 9.90 Å². The van der Waals surface area contributed by atoms with Crippen LogP contribution < -0.4 is 5.32 Å². The molecular formula is C20H21N3O2. The molecule has 0 atom stereocenters. The number of carbonyl (C=O) groups is 1. The lowest BCUT2D eigenvalue weighted by Crippen LogP contribution is -2.12. The molecule has 2 aromatic carbocycles. The van der Waals surface area contributed by atoms with E-state index in [1.54, 1.807) is 18.2 Å². The molecule has 128 valence electrons. The molecule has 0 spiro atoms. The van der Waals surface area contributed by atoms with Crippen LogP contribution in [0, 0.1) is 13.8 Å². The molecule has 5 nitrogen and oxygen atoms in total. The van der Waals surface area contributed by atoms with Crippen LogP contribution in [0.2, 0.25) is 0 Å². The van der Waals surface area contributed by atoms with Gasteiger partial charge in [0.05, 0.1) is 11.4 Å². The van der Waals surface area contributed by atoms with Crippen LogP contribution in [0.1, 0.15) is 23.4 Å². The highest BCUT2D eigenvalue weighted by molar-refractivity contribution is 5.91. The third-order valence-corrected chi connectivity index (χ3v) is 4.17. The Morgan fingerprint density at radius 3 is 2.60 bits per heavy atom. The minimum Gasteiger partial charge on any atom is -0.508 e. The van der Waals surface area contributed by atoms with Crippen LogP contribution in [0.3, 0.4) is 0 Å². The molecule has 1 heterocycles. The van der Waals surface area contributed by atoms with Crippen LogP contribution in [0.4, 0.5) is 5.69 Å². The summed E-state index contributed by atoms with van der Waals surface area (Å²) < 4.78 is 1.91. The maximum Gasteiger partial charge on any atom is 0.224 e. The lowest BCUT2D eigenvalue weighted by molar-refractivity contribution is -0.116. The van der Waals surface area contributed by atoms with Gasteiger partial charge < -0.3 is 10.4 Å². The number of phenolic OH excluding ortho intramolecular Hbond substituents is 1. The van der Waals surface area contributed by atoms with Gasteiger partial charge in [-0.05, 0) is 50.1 Å². The third-order valence-electron chi connectivity index (χ3n) is 4.17. The maximum absolute atomic E-state index is 12.2. The summed E-state index contributed by atoms with van der Waals surface area (Å²) in [5, 5.41) is 16.9. The predicted molar refractivity (Wildman–Crippen MR) is 98.1 cm³/mol. The van der Waals surface area contributed by atoms with Crippen molar-refractivity contribution in [2.45, 2.75) is 26.7 Å². The monoisotopic (exact) mass is 335 g/mol. The predicted octanol–water partition coefficient (Wildman–Crippen LogP) is 3.77. The molecule has 3 rings (SSSR count). The van der Waals surface area contributed by atoms with E-state index >= 15 is 0 Å². The van der Waals surface area contributed by atoms with Crippen molar-refractivity contribution >= 4 is 11.6 Å². The molecular weight excluding hydrogens is 314 g/mol. The number of aromatic hydroxyl groups is 1. The minimum atomic E-state index is -0.0862. The Bertz CT molecular complexity index is 885. The van der Waals surface area contributed by atoms with Crippen molar-refractivity contribution in [3.05, 3.63) is 71.5 Å². The van der Waals surface area contributed by atoms with Gasteiger partial charge in [-0.25, -0.2) is 4.68 Å². The molecule has 3 aromatic rings. The smallest absolute Gasteiger partial charge is 0.224 e. The van der Waals surface area contributed by atoms with E-state index in [0.29, 0.717) is 18.5 Å². The van der Waals surface area contributed by atoms with Crippen molar-refractivity contribution in [1.29, 1.82) is 0 Å². The van der Waals surface area contributed by atoms with Crippen LogP contribution in [-0.2, 0) is 11.2 Å². The first-order valence-electron chi connectivity index (χ1n) is 8.24. The largest absolute Gasteiger partial charge is 0.508 e. The molecule has 0 fully saturated rings. The number of hydrogen-bond donors (Lipinski definition) is 2.